The molecule has 3 heteroatoms. The van der Waals surface area contributed by atoms with E-state index in [-0.39, 0.29) is 44.6 Å². The first-order chi connectivity index (χ1) is 36.1. The summed E-state index contributed by atoms with van der Waals surface area (Å²) in [6.07, 6.45) is 2.22. The Morgan fingerprint density at radius 2 is 0.909 bits per heavy atom. The van der Waals surface area contributed by atoms with Gasteiger partial charge in [-0.25, -0.2) is 0 Å². The van der Waals surface area contributed by atoms with Gasteiger partial charge in [-0.3, -0.25) is 0 Å². The van der Waals surface area contributed by atoms with E-state index in [4.69, 9.17) is 0 Å². The van der Waals surface area contributed by atoms with Gasteiger partial charge in [-0.2, -0.15) is 0 Å². The van der Waals surface area contributed by atoms with Crippen LogP contribution in [-0.4, -0.2) is 6.71 Å². The van der Waals surface area contributed by atoms with Gasteiger partial charge in [0.1, 0.15) is 0 Å². The third-order valence-electron chi connectivity index (χ3n) is 19.4. The van der Waals surface area contributed by atoms with Crippen molar-refractivity contribution in [2.24, 2.45) is 0 Å². The highest BCUT2D eigenvalue weighted by molar-refractivity contribution is 7.00. The molecule has 0 unspecified atom stereocenters. The van der Waals surface area contributed by atoms with Gasteiger partial charge in [-0.05, 0) is 189 Å². The fourth-order valence-electron chi connectivity index (χ4n) is 16.0. The lowest BCUT2D eigenvalue weighted by Crippen LogP contribution is -2.61. The maximum absolute atomic E-state index is 2.74. The van der Waals surface area contributed by atoms with E-state index in [0.29, 0.717) is 0 Å². The lowest BCUT2D eigenvalue weighted by molar-refractivity contribution is 0.402. The van der Waals surface area contributed by atoms with Gasteiger partial charge in [-0.15, -0.1) is 0 Å². The number of rotatable bonds is 4. The number of hydrogen-bond donors (Lipinski definition) is 0. The summed E-state index contributed by atoms with van der Waals surface area (Å²) in [7, 11) is 0. The third-order valence-corrected chi connectivity index (χ3v) is 19.4. The molecule has 2 nitrogen and oxygen atoms in total. The Kier molecular flexibility index (Phi) is 10.4. The lowest BCUT2D eigenvalue weighted by Gasteiger charge is -2.46. The smallest absolute Gasteiger partial charge is 0.252 e. The number of hydrogen-bond acceptors (Lipinski definition) is 2. The molecule has 5 aliphatic rings. The molecule has 0 radical (unpaired) electrons. The Hall–Kier alpha value is -6.58. The maximum Gasteiger partial charge on any atom is 0.252 e. The Morgan fingerprint density at radius 3 is 1.55 bits per heavy atom. The SMILES string of the molecule is Cc1cc2c(cc1N1c3cc(-c4cccc5c4-c4ccccc4C5(C)C)ccc3B3c4cc5c(cc4N(c4ccc(C(C)(C)C)cc4-c4ccccc4)c4cc(C(C)(C)C)cc1c43)C(C)(C)CC5(C)C)C(C)(C)CC2(C)C. The molecule has 388 valence electrons. The Balaban J connectivity index is 1.17. The van der Waals surface area contributed by atoms with Crippen molar-refractivity contribution >= 4 is 57.2 Å². The van der Waals surface area contributed by atoms with Crippen LogP contribution in [0, 0.1) is 6.92 Å². The normalized spacial score (nSPS) is 18.3. The summed E-state index contributed by atoms with van der Waals surface area (Å²) in [4.78, 5) is 5.47. The van der Waals surface area contributed by atoms with E-state index < -0.39 is 0 Å². The highest BCUT2D eigenvalue weighted by Gasteiger charge is 2.50. The zero-order valence-electron chi connectivity index (χ0n) is 49.2. The van der Waals surface area contributed by atoms with Crippen molar-refractivity contribution in [3.8, 4) is 33.4 Å². The van der Waals surface area contributed by atoms with Crippen molar-refractivity contribution in [3.05, 3.63) is 196 Å². The second-order valence-corrected chi connectivity index (χ2v) is 29.3. The highest BCUT2D eigenvalue weighted by Crippen LogP contribution is 2.58. The minimum atomic E-state index is -0.160. The van der Waals surface area contributed by atoms with Crippen molar-refractivity contribution in [2.45, 2.75) is 168 Å². The first-order valence-corrected chi connectivity index (χ1v) is 28.8. The van der Waals surface area contributed by atoms with Crippen molar-refractivity contribution in [2.75, 3.05) is 9.80 Å². The molecule has 77 heavy (non-hydrogen) atoms. The molecule has 0 aromatic heterocycles. The van der Waals surface area contributed by atoms with Crippen LogP contribution in [0.3, 0.4) is 0 Å². The molecule has 0 atom stereocenters. The van der Waals surface area contributed by atoms with Crippen LogP contribution in [0.2, 0.25) is 0 Å². The Bertz CT molecular complexity index is 3830. The maximum atomic E-state index is 2.74. The molecular formula is C74H79BN2. The summed E-state index contributed by atoms with van der Waals surface area (Å²) >= 11 is 0. The molecule has 2 aliphatic heterocycles. The molecule has 0 amide bonds. The molecule has 0 saturated carbocycles. The van der Waals surface area contributed by atoms with E-state index in [2.05, 4.69) is 273 Å². The van der Waals surface area contributed by atoms with E-state index in [1.54, 1.807) is 0 Å². The van der Waals surface area contributed by atoms with Crippen LogP contribution in [0.5, 0.6) is 0 Å². The molecule has 8 aromatic carbocycles. The van der Waals surface area contributed by atoms with Gasteiger partial charge in [0.2, 0.25) is 0 Å². The predicted octanol–water partition coefficient (Wildman–Crippen LogP) is 18.2. The van der Waals surface area contributed by atoms with Crippen LogP contribution >= 0.6 is 0 Å². The van der Waals surface area contributed by atoms with Gasteiger partial charge in [0.15, 0.2) is 0 Å². The minimum Gasteiger partial charge on any atom is -0.311 e. The molecule has 0 bridgehead atoms. The van der Waals surface area contributed by atoms with E-state index in [9.17, 15) is 0 Å². The van der Waals surface area contributed by atoms with Gasteiger partial charge in [0, 0.05) is 39.4 Å². The second-order valence-electron chi connectivity index (χ2n) is 29.3. The molecule has 3 aliphatic carbocycles. The standard InChI is InChI=1S/C74H79BN2/c1-44-34-54-56(72(12,13)42-70(54,8)9)40-61(44)77-62-35-46(49-27-23-29-53-66(49)50-26-21-22-28-52(50)74(53,16)17)30-32-58(62)75-59-39-55-57(73(14,15)43-71(55,10)11)41-63(59)76(64-37-48(69(5,6)7)38-65(77)67(64)75)60-33-31-47(68(2,3)4)36-51(60)45-24-19-18-20-25-45/h18-41H,42-43H2,1-17H3. The summed E-state index contributed by atoms with van der Waals surface area (Å²) in [5, 5.41) is 0. The average molecular weight is 1010 g/mol. The van der Waals surface area contributed by atoms with Gasteiger partial charge in [-0.1, -0.05) is 214 Å². The molecular weight excluding hydrogens is 928 g/mol. The Labute approximate surface area is 462 Å². The van der Waals surface area contributed by atoms with Crippen LogP contribution in [0.4, 0.5) is 34.1 Å². The van der Waals surface area contributed by atoms with E-state index in [0.717, 1.165) is 12.8 Å². The van der Waals surface area contributed by atoms with Crippen LogP contribution in [0.25, 0.3) is 33.4 Å². The van der Waals surface area contributed by atoms with Crippen molar-refractivity contribution in [1.82, 2.24) is 0 Å². The highest BCUT2D eigenvalue weighted by atomic mass is 15.2. The monoisotopic (exact) mass is 1010 g/mol. The third kappa shape index (κ3) is 7.27. The average Bonchev–Trinajstić information content (AvgIpc) is 4.02. The molecule has 0 saturated heterocycles. The van der Waals surface area contributed by atoms with Crippen LogP contribution < -0.4 is 26.2 Å². The van der Waals surface area contributed by atoms with Gasteiger partial charge in [0.05, 0.1) is 5.69 Å². The zero-order chi connectivity index (χ0) is 54.5. The van der Waals surface area contributed by atoms with Crippen LogP contribution in [0.15, 0.2) is 146 Å². The minimum absolute atomic E-state index is 0.00329. The fraction of sp³-hybridized carbons (Fsp3) is 0.351. The topological polar surface area (TPSA) is 6.48 Å². The van der Waals surface area contributed by atoms with Crippen molar-refractivity contribution in [3.63, 3.8) is 0 Å². The molecule has 2 heterocycles. The number of nitrogens with zero attached hydrogens (tertiary/aromatic N) is 2. The van der Waals surface area contributed by atoms with Gasteiger partial charge >= 0.3 is 0 Å². The van der Waals surface area contributed by atoms with Gasteiger partial charge in [0.25, 0.3) is 6.71 Å². The first kappa shape index (κ1) is 50.0. The van der Waals surface area contributed by atoms with Gasteiger partial charge < -0.3 is 9.80 Å². The van der Waals surface area contributed by atoms with E-state index in [1.807, 2.05) is 0 Å². The number of fused-ring (bicyclic) bond motifs is 9. The summed E-state index contributed by atoms with van der Waals surface area (Å²) in [5.74, 6) is 0. The summed E-state index contributed by atoms with van der Waals surface area (Å²) in [6, 6.07) is 58.1. The zero-order valence-corrected chi connectivity index (χ0v) is 49.2. The number of anilines is 6. The predicted molar refractivity (Wildman–Crippen MR) is 332 cm³/mol. The molecule has 0 fully saturated rings. The van der Waals surface area contributed by atoms with Crippen molar-refractivity contribution < 1.29 is 0 Å². The molecule has 0 N–H and O–H groups in total. The van der Waals surface area contributed by atoms with Crippen molar-refractivity contribution in [1.29, 1.82) is 0 Å². The fourth-order valence-corrected chi connectivity index (χ4v) is 16.0. The van der Waals surface area contributed by atoms with E-state index in [1.165, 1.54) is 134 Å². The van der Waals surface area contributed by atoms with Crippen LogP contribution in [0.1, 0.15) is 174 Å². The second kappa shape index (κ2) is 16.0. The molecule has 13 rings (SSSR count). The summed E-state index contributed by atoms with van der Waals surface area (Å²) in [6.45, 7) is 41.2. The van der Waals surface area contributed by atoms with E-state index >= 15 is 0 Å². The summed E-state index contributed by atoms with van der Waals surface area (Å²) < 4.78 is 0. The molecule has 8 aromatic rings. The van der Waals surface area contributed by atoms with Crippen LogP contribution in [-0.2, 0) is 37.9 Å². The number of aryl methyl sites for hydroxylation is 1. The molecule has 0 spiro atoms. The quantitative estimate of drug-likeness (QED) is 0.162. The largest absolute Gasteiger partial charge is 0.311 e. The number of benzene rings is 8. The lowest BCUT2D eigenvalue weighted by atomic mass is 9.33. The Morgan fingerprint density at radius 1 is 0.377 bits per heavy atom. The summed E-state index contributed by atoms with van der Waals surface area (Å²) in [5.41, 5.74) is 32.1. The first-order valence-electron chi connectivity index (χ1n) is 28.8.